The molecule has 0 unspecified atom stereocenters. The van der Waals surface area contributed by atoms with E-state index in [1.165, 1.54) is 64.8 Å². The van der Waals surface area contributed by atoms with Gasteiger partial charge in [0, 0.05) is 68.0 Å². The van der Waals surface area contributed by atoms with Crippen LogP contribution in [-0.4, -0.2) is 89.6 Å². The number of rotatable bonds is 14. The van der Waals surface area contributed by atoms with Gasteiger partial charge in [-0.25, -0.2) is 0 Å². The zero-order chi connectivity index (χ0) is 25.3. The van der Waals surface area contributed by atoms with E-state index in [0.29, 0.717) is 0 Å². The van der Waals surface area contributed by atoms with Crippen LogP contribution in [0.2, 0.25) is 6.04 Å². The fraction of sp³-hybridized carbons (Fsp3) is 0.647. The summed E-state index contributed by atoms with van der Waals surface area (Å²) in [7, 11) is -0.573. The first-order valence-electron chi connectivity index (χ1n) is 9.24. The second kappa shape index (κ2) is 18.8. The average Bonchev–Trinajstić information content (AvgIpc) is 3.37. The SMILES string of the molecule is C.C=C[Si](OC)(OC)O[Si](C=C)(OC)O[Si](C=C)(OC)OC.CO[Si]1(OC)CCCS1.N#N.[2HH]. The lowest BCUT2D eigenvalue weighted by molar-refractivity contribution is 0.0897. The third kappa shape index (κ3) is 10.7. The molecule has 0 aromatic rings. The summed E-state index contributed by atoms with van der Waals surface area (Å²) >= 11 is 1.88. The topological polar surface area (TPSA) is 131 Å². The minimum atomic E-state index is -3.40. The van der Waals surface area contributed by atoms with Gasteiger partial charge in [-0.15, -0.1) is 11.2 Å². The molecule has 0 aliphatic carbocycles. The number of nitrogens with zero attached hydrogens (tertiary/aromatic N) is 2. The Morgan fingerprint density at radius 1 is 0.727 bits per heavy atom. The molecule has 0 bridgehead atoms. The van der Waals surface area contributed by atoms with Crippen molar-refractivity contribution in [2.75, 3.05) is 55.5 Å². The van der Waals surface area contributed by atoms with Crippen molar-refractivity contribution < 1.29 is 40.6 Å². The Balaban J connectivity index is -0.000000289. The molecule has 0 aromatic carbocycles. The summed E-state index contributed by atoms with van der Waals surface area (Å²) in [6.07, 6.45) is 1.26. The summed E-state index contributed by atoms with van der Waals surface area (Å²) in [5.74, 6) is 1.22. The number of hydrogen-bond acceptors (Lipinski definition) is 12. The van der Waals surface area contributed by atoms with Gasteiger partial charge in [-0.05, 0) is 29.3 Å². The predicted molar refractivity (Wildman–Crippen MR) is 139 cm³/mol. The molecule has 16 heteroatoms. The summed E-state index contributed by atoms with van der Waals surface area (Å²) in [5, 5.41) is 12.0. The molecular formula is C17H42N2O9SSi4. The van der Waals surface area contributed by atoms with Crippen molar-refractivity contribution in [1.29, 1.82) is 10.8 Å². The van der Waals surface area contributed by atoms with E-state index in [2.05, 4.69) is 19.7 Å². The minimum Gasteiger partial charge on any atom is -0.390 e. The molecule has 0 radical (unpaired) electrons. The van der Waals surface area contributed by atoms with Crippen LogP contribution in [0.3, 0.4) is 0 Å². The molecule has 196 valence electrons. The highest BCUT2D eigenvalue weighted by Crippen LogP contribution is 2.35. The summed E-state index contributed by atoms with van der Waals surface area (Å²) in [6, 6.07) is 1.16. The fourth-order valence-corrected chi connectivity index (χ4v) is 16.0. The number of hydrogen-bond donors (Lipinski definition) is 0. The molecule has 0 spiro atoms. The van der Waals surface area contributed by atoms with E-state index in [1.807, 2.05) is 11.2 Å². The van der Waals surface area contributed by atoms with E-state index in [-0.39, 0.29) is 8.85 Å². The lowest BCUT2D eigenvalue weighted by atomic mass is 10.6. The zero-order valence-corrected chi connectivity index (χ0v) is 24.8. The molecule has 1 rings (SSSR count). The first-order chi connectivity index (χ1) is 15.2. The highest BCUT2D eigenvalue weighted by molar-refractivity contribution is 8.27. The van der Waals surface area contributed by atoms with Crippen molar-refractivity contribution in [2.24, 2.45) is 0 Å². The average molecular weight is 564 g/mol. The molecule has 0 aromatic heterocycles. The Labute approximate surface area is 208 Å². The van der Waals surface area contributed by atoms with Crippen molar-refractivity contribution in [3.05, 3.63) is 36.8 Å². The lowest BCUT2D eigenvalue weighted by Crippen LogP contribution is -2.61. The maximum atomic E-state index is 6.00. The van der Waals surface area contributed by atoms with Crippen LogP contribution in [0.5, 0.6) is 0 Å². The molecule has 11 nitrogen and oxygen atoms in total. The van der Waals surface area contributed by atoms with Crippen molar-refractivity contribution in [3.63, 3.8) is 0 Å². The molecule has 0 saturated carbocycles. The normalized spacial score (nSPS) is 15.1. The standard InChI is InChI=1S/C11H24O7Si3.C5H12O2SSi.CH4.N2.H2/c1-9-19(12-4,13-5)17-21(11-3,16-8)18-20(10-2,14-6)15-7;1-6-9(7-2)5-3-4-8-9;;1-2;/h9-11H,1-3H2,4-8H3;3-5H2,1-2H3;1H4;;1H/i;;;;1+1. The van der Waals surface area contributed by atoms with Gasteiger partial charge >= 0.3 is 34.1 Å². The molecular weight excluding hydrogens is 521 g/mol. The van der Waals surface area contributed by atoms with Crippen LogP contribution in [-0.2, 0) is 39.2 Å². The summed E-state index contributed by atoms with van der Waals surface area (Å²) in [4.78, 5) is 0. The maximum Gasteiger partial charge on any atom is 0.521 e. The molecule has 1 fully saturated rings. The van der Waals surface area contributed by atoms with Crippen LogP contribution in [0.1, 0.15) is 15.3 Å². The Hall–Kier alpha value is -0.502. The van der Waals surface area contributed by atoms with Crippen LogP contribution in [0.4, 0.5) is 0 Å². The van der Waals surface area contributed by atoms with E-state index < -0.39 is 34.1 Å². The molecule has 1 saturated heterocycles. The van der Waals surface area contributed by atoms with Crippen LogP contribution in [0.15, 0.2) is 36.8 Å². The Kier molecular flexibility index (Phi) is 21.1. The van der Waals surface area contributed by atoms with Gasteiger partial charge in [0.05, 0.1) is 0 Å². The molecule has 1 aliphatic rings. The zero-order valence-electron chi connectivity index (χ0n) is 20.0. The third-order valence-corrected chi connectivity index (χ3v) is 19.9. The second-order valence-electron chi connectivity index (χ2n) is 5.69. The smallest absolute Gasteiger partial charge is 0.390 e. The Bertz CT molecular complexity index is 550. The van der Waals surface area contributed by atoms with Gasteiger partial charge in [-0.1, -0.05) is 27.2 Å². The molecule has 0 N–H and O–H groups in total. The molecule has 1 aliphatic heterocycles. The van der Waals surface area contributed by atoms with Gasteiger partial charge in [0.25, 0.3) is 0 Å². The van der Waals surface area contributed by atoms with Gasteiger partial charge in [-0.3, -0.25) is 0 Å². The highest BCUT2D eigenvalue weighted by atomic mass is 32.4. The summed E-state index contributed by atoms with van der Waals surface area (Å²) in [5.41, 5.74) is 4.38. The van der Waals surface area contributed by atoms with Crippen molar-refractivity contribution in [1.82, 2.24) is 0 Å². The highest BCUT2D eigenvalue weighted by Gasteiger charge is 2.55. The largest absolute Gasteiger partial charge is 0.521 e. The van der Waals surface area contributed by atoms with Crippen LogP contribution in [0, 0.1) is 10.8 Å². The van der Waals surface area contributed by atoms with Gasteiger partial charge in [0.1, 0.15) is 0 Å². The van der Waals surface area contributed by atoms with E-state index in [0.717, 1.165) is 6.04 Å². The van der Waals surface area contributed by atoms with E-state index in [1.54, 1.807) is 14.2 Å². The van der Waals surface area contributed by atoms with Gasteiger partial charge in [0.15, 0.2) is 0 Å². The first-order valence-corrected chi connectivity index (χ1v) is 18.4. The van der Waals surface area contributed by atoms with Gasteiger partial charge < -0.3 is 39.2 Å². The lowest BCUT2D eigenvalue weighted by Gasteiger charge is -2.36. The quantitative estimate of drug-likeness (QED) is 0.226. The van der Waals surface area contributed by atoms with E-state index in [4.69, 9.17) is 50.0 Å². The van der Waals surface area contributed by atoms with Crippen molar-refractivity contribution >= 4 is 45.3 Å². The van der Waals surface area contributed by atoms with Crippen molar-refractivity contribution in [2.45, 2.75) is 19.9 Å². The molecule has 1 heterocycles. The fourth-order valence-electron chi connectivity index (χ4n) is 2.41. The Morgan fingerprint density at radius 2 is 1.06 bits per heavy atom. The molecule has 0 atom stereocenters. The second-order valence-corrected chi connectivity index (χ2v) is 20.3. The minimum absolute atomic E-state index is 0. The predicted octanol–water partition coefficient (Wildman–Crippen LogP) is 3.51. The van der Waals surface area contributed by atoms with Gasteiger partial charge in [-0.2, -0.15) is 0 Å². The van der Waals surface area contributed by atoms with E-state index in [9.17, 15) is 0 Å². The molecule has 33 heavy (non-hydrogen) atoms. The van der Waals surface area contributed by atoms with Crippen LogP contribution < -0.4 is 0 Å². The van der Waals surface area contributed by atoms with Crippen molar-refractivity contribution in [3.8, 4) is 0 Å². The Morgan fingerprint density at radius 3 is 1.21 bits per heavy atom. The van der Waals surface area contributed by atoms with Gasteiger partial charge in [0.2, 0.25) is 0 Å². The third-order valence-electron chi connectivity index (χ3n) is 4.31. The first kappa shape index (κ1) is 37.1. The summed E-state index contributed by atoms with van der Waals surface area (Å²) < 4.78 is 49.2. The molecule has 0 amide bonds. The van der Waals surface area contributed by atoms with E-state index >= 15 is 0 Å². The summed E-state index contributed by atoms with van der Waals surface area (Å²) in [6.45, 7) is 11.1. The monoisotopic (exact) mass is 563 g/mol. The van der Waals surface area contributed by atoms with Crippen LogP contribution >= 0.6 is 11.2 Å². The van der Waals surface area contributed by atoms with Crippen LogP contribution in [0.25, 0.3) is 0 Å². The maximum absolute atomic E-state index is 6.00.